The molecule has 1 fully saturated rings. The van der Waals surface area contributed by atoms with Crippen LogP contribution in [0.25, 0.3) is 0 Å². The van der Waals surface area contributed by atoms with E-state index in [1.54, 1.807) is 12.1 Å². The van der Waals surface area contributed by atoms with Crippen LogP contribution >= 0.6 is 0 Å². The Labute approximate surface area is 115 Å². The molecule has 0 aliphatic carbocycles. The molecule has 0 spiro atoms. The summed E-state index contributed by atoms with van der Waals surface area (Å²) in [4.78, 5) is 13.4. The topological polar surface area (TPSA) is 40.5 Å². The van der Waals surface area contributed by atoms with Gasteiger partial charge in [-0.15, -0.1) is 0 Å². The molecule has 1 atom stereocenters. The number of hydrogen-bond acceptors (Lipinski definition) is 2. The molecule has 3 heteroatoms. The Kier molecular flexibility index (Phi) is 4.46. The molecule has 1 heterocycles. The van der Waals surface area contributed by atoms with Crippen LogP contribution in [-0.4, -0.2) is 24.2 Å². The average Bonchev–Trinajstić information content (AvgIpc) is 2.63. The molecule has 1 aliphatic heterocycles. The van der Waals surface area contributed by atoms with E-state index in [-0.39, 0.29) is 0 Å². The molecule has 0 bridgehead atoms. The molecule has 0 saturated carbocycles. The number of carboxylic acids is 1. The maximum absolute atomic E-state index is 11.0. The molecule has 19 heavy (non-hydrogen) atoms. The van der Waals surface area contributed by atoms with Crippen molar-refractivity contribution in [1.29, 1.82) is 0 Å². The highest BCUT2D eigenvalue weighted by Crippen LogP contribution is 2.27. The van der Waals surface area contributed by atoms with Crippen molar-refractivity contribution in [3.8, 4) is 0 Å². The van der Waals surface area contributed by atoms with Crippen LogP contribution in [0.5, 0.6) is 0 Å². The Morgan fingerprint density at radius 1 is 1.37 bits per heavy atom. The standard InChI is InChI=1S/C16H23NO2/c1-3-13-5-4-9-17(10-8-13)15-7-6-14(16(18)19)11-12(15)2/h6-7,11,13H,3-5,8-10H2,1-2H3,(H,18,19). The second kappa shape index (κ2) is 6.09. The lowest BCUT2D eigenvalue weighted by Crippen LogP contribution is -2.25. The minimum Gasteiger partial charge on any atom is -0.478 e. The van der Waals surface area contributed by atoms with Crippen LogP contribution in [0.1, 0.15) is 48.5 Å². The Morgan fingerprint density at radius 3 is 2.79 bits per heavy atom. The fraction of sp³-hybridized carbons (Fsp3) is 0.562. The summed E-state index contributed by atoms with van der Waals surface area (Å²) >= 11 is 0. The first kappa shape index (κ1) is 13.9. The second-order valence-electron chi connectivity index (χ2n) is 5.50. The second-order valence-corrected chi connectivity index (χ2v) is 5.50. The predicted octanol–water partition coefficient (Wildman–Crippen LogP) is 3.71. The minimum absolute atomic E-state index is 0.377. The van der Waals surface area contributed by atoms with E-state index in [0.717, 1.165) is 24.6 Å². The lowest BCUT2D eigenvalue weighted by atomic mass is 9.98. The van der Waals surface area contributed by atoms with Crippen molar-refractivity contribution in [2.45, 2.75) is 39.5 Å². The summed E-state index contributed by atoms with van der Waals surface area (Å²) in [5, 5.41) is 9.01. The third kappa shape index (κ3) is 3.28. The van der Waals surface area contributed by atoms with Crippen LogP contribution in [0.3, 0.4) is 0 Å². The summed E-state index contributed by atoms with van der Waals surface area (Å²) in [6, 6.07) is 5.46. The van der Waals surface area contributed by atoms with Crippen LogP contribution in [0, 0.1) is 12.8 Å². The van der Waals surface area contributed by atoms with E-state index in [2.05, 4.69) is 11.8 Å². The molecule has 1 N–H and O–H groups in total. The SMILES string of the molecule is CCC1CCCN(c2ccc(C(=O)O)cc2C)CC1. The zero-order chi connectivity index (χ0) is 13.8. The summed E-state index contributed by atoms with van der Waals surface area (Å²) in [5.74, 6) is 0.000150. The van der Waals surface area contributed by atoms with Crippen molar-refractivity contribution in [2.75, 3.05) is 18.0 Å². The third-order valence-corrected chi connectivity index (χ3v) is 4.21. The van der Waals surface area contributed by atoms with E-state index in [9.17, 15) is 4.79 Å². The van der Waals surface area contributed by atoms with E-state index in [0.29, 0.717) is 5.56 Å². The first-order valence-corrected chi connectivity index (χ1v) is 7.20. The van der Waals surface area contributed by atoms with Crippen molar-refractivity contribution in [2.24, 2.45) is 5.92 Å². The van der Waals surface area contributed by atoms with Gasteiger partial charge in [0.15, 0.2) is 0 Å². The van der Waals surface area contributed by atoms with Gasteiger partial charge in [-0.05, 0) is 55.9 Å². The molecule has 104 valence electrons. The van der Waals surface area contributed by atoms with Gasteiger partial charge >= 0.3 is 5.97 Å². The summed E-state index contributed by atoms with van der Waals surface area (Å²) in [7, 11) is 0. The summed E-state index contributed by atoms with van der Waals surface area (Å²) in [6.07, 6.45) is 5.07. The largest absolute Gasteiger partial charge is 0.478 e. The number of rotatable bonds is 3. The summed E-state index contributed by atoms with van der Waals surface area (Å²) < 4.78 is 0. The van der Waals surface area contributed by atoms with Gasteiger partial charge in [0.25, 0.3) is 0 Å². The third-order valence-electron chi connectivity index (χ3n) is 4.21. The van der Waals surface area contributed by atoms with E-state index in [1.165, 1.54) is 31.4 Å². The van der Waals surface area contributed by atoms with Gasteiger partial charge in [0, 0.05) is 18.8 Å². The molecule has 0 radical (unpaired) electrons. The Bertz CT molecular complexity index is 456. The number of benzene rings is 1. The molecule has 0 aromatic heterocycles. The number of nitrogens with zero attached hydrogens (tertiary/aromatic N) is 1. The molecular weight excluding hydrogens is 238 g/mol. The van der Waals surface area contributed by atoms with E-state index in [4.69, 9.17) is 5.11 Å². The number of hydrogen-bond donors (Lipinski definition) is 1. The first-order chi connectivity index (χ1) is 9.11. The smallest absolute Gasteiger partial charge is 0.335 e. The van der Waals surface area contributed by atoms with Crippen molar-refractivity contribution in [1.82, 2.24) is 0 Å². The minimum atomic E-state index is -0.850. The van der Waals surface area contributed by atoms with Gasteiger partial charge < -0.3 is 10.0 Å². The van der Waals surface area contributed by atoms with Crippen LogP contribution in [0.15, 0.2) is 18.2 Å². The fourth-order valence-electron chi connectivity index (χ4n) is 2.96. The van der Waals surface area contributed by atoms with Crippen LogP contribution < -0.4 is 4.90 Å². The molecule has 1 aromatic carbocycles. The van der Waals surface area contributed by atoms with Gasteiger partial charge in [-0.3, -0.25) is 0 Å². The summed E-state index contributed by atoms with van der Waals surface area (Å²) in [6.45, 7) is 6.45. The molecule has 2 rings (SSSR count). The van der Waals surface area contributed by atoms with E-state index in [1.807, 2.05) is 13.0 Å². The highest BCUT2D eigenvalue weighted by Gasteiger charge is 2.17. The zero-order valence-corrected chi connectivity index (χ0v) is 11.9. The molecular formula is C16H23NO2. The number of aromatic carboxylic acids is 1. The number of anilines is 1. The highest BCUT2D eigenvalue weighted by atomic mass is 16.4. The monoisotopic (exact) mass is 261 g/mol. The molecule has 1 saturated heterocycles. The van der Waals surface area contributed by atoms with Gasteiger partial charge in [-0.25, -0.2) is 4.79 Å². The van der Waals surface area contributed by atoms with E-state index < -0.39 is 5.97 Å². The predicted molar refractivity (Wildman–Crippen MR) is 78.0 cm³/mol. The van der Waals surface area contributed by atoms with Crippen molar-refractivity contribution < 1.29 is 9.90 Å². The maximum atomic E-state index is 11.0. The van der Waals surface area contributed by atoms with Crippen molar-refractivity contribution >= 4 is 11.7 Å². The van der Waals surface area contributed by atoms with Crippen molar-refractivity contribution in [3.05, 3.63) is 29.3 Å². The first-order valence-electron chi connectivity index (χ1n) is 7.20. The summed E-state index contributed by atoms with van der Waals surface area (Å²) in [5.41, 5.74) is 2.64. The molecule has 1 aromatic rings. The normalized spacial score (nSPS) is 20.1. The van der Waals surface area contributed by atoms with Gasteiger partial charge in [-0.1, -0.05) is 13.3 Å². The van der Waals surface area contributed by atoms with E-state index >= 15 is 0 Å². The zero-order valence-electron chi connectivity index (χ0n) is 11.9. The van der Waals surface area contributed by atoms with Gasteiger partial charge in [-0.2, -0.15) is 0 Å². The quantitative estimate of drug-likeness (QED) is 0.901. The molecule has 0 amide bonds. The molecule has 1 unspecified atom stereocenters. The maximum Gasteiger partial charge on any atom is 0.335 e. The lowest BCUT2D eigenvalue weighted by Gasteiger charge is -2.25. The highest BCUT2D eigenvalue weighted by molar-refractivity contribution is 5.88. The van der Waals surface area contributed by atoms with Crippen LogP contribution in [0.4, 0.5) is 5.69 Å². The Hall–Kier alpha value is -1.51. The van der Waals surface area contributed by atoms with Crippen LogP contribution in [0.2, 0.25) is 0 Å². The number of carboxylic acid groups (broad SMARTS) is 1. The molecule has 1 aliphatic rings. The Balaban J connectivity index is 2.15. The number of aryl methyl sites for hydroxylation is 1. The number of carbonyl (C=O) groups is 1. The molecule has 3 nitrogen and oxygen atoms in total. The average molecular weight is 261 g/mol. The fourth-order valence-corrected chi connectivity index (χ4v) is 2.96. The Morgan fingerprint density at radius 2 is 2.16 bits per heavy atom. The lowest BCUT2D eigenvalue weighted by molar-refractivity contribution is 0.0697. The van der Waals surface area contributed by atoms with Gasteiger partial charge in [0.1, 0.15) is 0 Å². The van der Waals surface area contributed by atoms with Gasteiger partial charge in [0.2, 0.25) is 0 Å². The van der Waals surface area contributed by atoms with Gasteiger partial charge in [0.05, 0.1) is 5.56 Å². The van der Waals surface area contributed by atoms with Crippen molar-refractivity contribution in [3.63, 3.8) is 0 Å². The van der Waals surface area contributed by atoms with Crippen LogP contribution in [-0.2, 0) is 0 Å².